The minimum absolute atomic E-state index is 0.0488. The summed E-state index contributed by atoms with van der Waals surface area (Å²) in [5, 5.41) is 0. The van der Waals surface area contributed by atoms with E-state index in [0.29, 0.717) is 30.2 Å². The molecule has 2 aromatic carbocycles. The lowest BCUT2D eigenvalue weighted by atomic mass is 10.1. The average Bonchev–Trinajstić information content (AvgIpc) is 3.36. The number of nitrogens with zero attached hydrogens (tertiary/aromatic N) is 1. The van der Waals surface area contributed by atoms with Gasteiger partial charge in [-0.2, -0.15) is 0 Å². The van der Waals surface area contributed by atoms with Gasteiger partial charge in [-0.1, -0.05) is 6.07 Å². The first kappa shape index (κ1) is 19.7. The first-order chi connectivity index (χ1) is 13.9. The predicted octanol–water partition coefficient (Wildman–Crippen LogP) is 2.87. The Labute approximate surface area is 170 Å². The maximum atomic E-state index is 12.9. The van der Waals surface area contributed by atoms with Crippen LogP contribution in [-0.4, -0.2) is 40.7 Å². The number of rotatable bonds is 5. The summed E-state index contributed by atoms with van der Waals surface area (Å²) < 4.78 is 39.1. The number of nitrogens with one attached hydrogen (secondary N) is 1. The van der Waals surface area contributed by atoms with Gasteiger partial charge in [0.1, 0.15) is 11.9 Å². The fraction of sp³-hybridized carbons (Fsp3) is 0.381. The van der Waals surface area contributed by atoms with Crippen LogP contribution in [0.25, 0.3) is 0 Å². The molecular formula is C21H24N2O5S. The minimum atomic E-state index is -3.77. The molecule has 0 bridgehead atoms. The summed E-state index contributed by atoms with van der Waals surface area (Å²) in [6, 6.07) is 10.2. The van der Waals surface area contributed by atoms with E-state index in [4.69, 9.17) is 9.47 Å². The zero-order chi connectivity index (χ0) is 20.6. The molecule has 2 aliphatic rings. The van der Waals surface area contributed by atoms with E-state index in [2.05, 4.69) is 4.72 Å². The molecule has 154 valence electrons. The number of anilines is 2. The third-order valence-electron chi connectivity index (χ3n) is 5.38. The molecule has 0 radical (unpaired) electrons. The number of methoxy groups -OCH3 is 1. The van der Waals surface area contributed by atoms with Crippen molar-refractivity contribution in [3.63, 3.8) is 0 Å². The lowest BCUT2D eigenvalue weighted by Gasteiger charge is -2.21. The quantitative estimate of drug-likeness (QED) is 0.810. The second-order valence-corrected chi connectivity index (χ2v) is 8.97. The van der Waals surface area contributed by atoms with Crippen molar-refractivity contribution in [2.75, 3.05) is 29.9 Å². The van der Waals surface area contributed by atoms with E-state index in [9.17, 15) is 13.2 Å². The highest BCUT2D eigenvalue weighted by Gasteiger charge is 2.33. The summed E-state index contributed by atoms with van der Waals surface area (Å²) in [4.78, 5) is 14.7. The monoisotopic (exact) mass is 416 g/mol. The number of hydrogen-bond acceptors (Lipinski definition) is 5. The largest absolute Gasteiger partial charge is 0.497 e. The van der Waals surface area contributed by atoms with Crippen molar-refractivity contribution in [3.8, 4) is 5.75 Å². The number of carbonyl (C=O) groups is 1. The lowest BCUT2D eigenvalue weighted by molar-refractivity contribution is -0.127. The van der Waals surface area contributed by atoms with Gasteiger partial charge in [0.25, 0.3) is 15.9 Å². The summed E-state index contributed by atoms with van der Waals surface area (Å²) in [6.07, 6.45) is 1.97. The number of benzene rings is 2. The molecule has 2 aromatic rings. The molecule has 1 unspecified atom stereocenters. The molecule has 1 atom stereocenters. The van der Waals surface area contributed by atoms with Crippen LogP contribution in [0.1, 0.15) is 24.0 Å². The molecule has 0 spiro atoms. The van der Waals surface area contributed by atoms with Crippen molar-refractivity contribution >= 4 is 27.3 Å². The van der Waals surface area contributed by atoms with Crippen LogP contribution in [0.2, 0.25) is 0 Å². The van der Waals surface area contributed by atoms with Gasteiger partial charge in [0.15, 0.2) is 0 Å². The average molecular weight is 416 g/mol. The van der Waals surface area contributed by atoms with Gasteiger partial charge in [0.2, 0.25) is 0 Å². The van der Waals surface area contributed by atoms with Crippen LogP contribution in [0.4, 0.5) is 11.4 Å². The van der Waals surface area contributed by atoms with Gasteiger partial charge < -0.3 is 14.4 Å². The SMILES string of the molecule is COc1ccc(S(=O)(=O)Nc2ccc3c(c2)N(C(=O)C2CCCO2)CC3)c(C)c1. The molecule has 2 aliphatic heterocycles. The topological polar surface area (TPSA) is 84.9 Å². The Kier molecular flexibility index (Phi) is 5.23. The van der Waals surface area contributed by atoms with Crippen molar-refractivity contribution < 1.29 is 22.7 Å². The van der Waals surface area contributed by atoms with Gasteiger partial charge in [-0.05, 0) is 67.6 Å². The molecule has 1 N–H and O–H groups in total. The normalized spacial score (nSPS) is 18.6. The molecule has 0 aliphatic carbocycles. The van der Waals surface area contributed by atoms with Crippen LogP contribution in [0.3, 0.4) is 0 Å². The van der Waals surface area contributed by atoms with E-state index >= 15 is 0 Å². The number of aryl methyl sites for hydroxylation is 1. The molecule has 8 heteroatoms. The fourth-order valence-corrected chi connectivity index (χ4v) is 5.16. The summed E-state index contributed by atoms with van der Waals surface area (Å²) in [6.45, 7) is 2.92. The highest BCUT2D eigenvalue weighted by Crippen LogP contribution is 2.33. The lowest BCUT2D eigenvalue weighted by Crippen LogP contribution is -2.37. The Morgan fingerprint density at radius 2 is 2.07 bits per heavy atom. The minimum Gasteiger partial charge on any atom is -0.497 e. The maximum Gasteiger partial charge on any atom is 0.262 e. The molecule has 2 heterocycles. The summed E-state index contributed by atoms with van der Waals surface area (Å²) in [7, 11) is -2.24. The number of hydrogen-bond donors (Lipinski definition) is 1. The van der Waals surface area contributed by atoms with Crippen LogP contribution >= 0.6 is 0 Å². The summed E-state index contributed by atoms with van der Waals surface area (Å²) in [5.41, 5.74) is 2.79. The zero-order valence-electron chi connectivity index (χ0n) is 16.5. The zero-order valence-corrected chi connectivity index (χ0v) is 17.3. The van der Waals surface area contributed by atoms with Crippen molar-refractivity contribution in [2.45, 2.75) is 37.2 Å². The molecule has 1 amide bonds. The Morgan fingerprint density at radius 1 is 1.24 bits per heavy atom. The highest BCUT2D eigenvalue weighted by atomic mass is 32.2. The van der Waals surface area contributed by atoms with Gasteiger partial charge in [-0.15, -0.1) is 0 Å². The Morgan fingerprint density at radius 3 is 2.76 bits per heavy atom. The van der Waals surface area contributed by atoms with E-state index in [1.807, 2.05) is 6.07 Å². The van der Waals surface area contributed by atoms with Crippen molar-refractivity contribution in [3.05, 3.63) is 47.5 Å². The van der Waals surface area contributed by atoms with E-state index in [1.165, 1.54) is 13.2 Å². The van der Waals surface area contributed by atoms with Crippen molar-refractivity contribution in [2.24, 2.45) is 0 Å². The number of ether oxygens (including phenoxy) is 2. The smallest absolute Gasteiger partial charge is 0.262 e. The molecule has 1 saturated heterocycles. The van der Waals surface area contributed by atoms with Crippen LogP contribution in [-0.2, 0) is 26.0 Å². The number of carbonyl (C=O) groups excluding carboxylic acids is 1. The summed E-state index contributed by atoms with van der Waals surface area (Å²) in [5.74, 6) is 0.550. The molecule has 4 rings (SSSR count). The number of fused-ring (bicyclic) bond motifs is 1. The Balaban J connectivity index is 1.59. The Hall–Kier alpha value is -2.58. The molecule has 1 fully saturated rings. The van der Waals surface area contributed by atoms with E-state index in [-0.39, 0.29) is 10.8 Å². The third-order valence-corrected chi connectivity index (χ3v) is 6.92. The number of sulfonamides is 1. The summed E-state index contributed by atoms with van der Waals surface area (Å²) >= 11 is 0. The van der Waals surface area contributed by atoms with E-state index in [0.717, 1.165) is 30.5 Å². The fourth-order valence-electron chi connectivity index (χ4n) is 3.88. The first-order valence-electron chi connectivity index (χ1n) is 9.62. The van der Waals surface area contributed by atoms with Crippen molar-refractivity contribution in [1.82, 2.24) is 0 Å². The van der Waals surface area contributed by atoms with Crippen molar-refractivity contribution in [1.29, 1.82) is 0 Å². The number of amides is 1. The second kappa shape index (κ2) is 7.68. The van der Waals surface area contributed by atoms with Crippen LogP contribution in [0.15, 0.2) is 41.3 Å². The van der Waals surface area contributed by atoms with E-state index < -0.39 is 16.1 Å². The van der Waals surface area contributed by atoms with Crippen LogP contribution < -0.4 is 14.4 Å². The van der Waals surface area contributed by atoms with Gasteiger partial charge in [0, 0.05) is 18.8 Å². The molecular weight excluding hydrogens is 392 g/mol. The molecule has 29 heavy (non-hydrogen) atoms. The standard InChI is InChI=1S/C21H24N2O5S/c1-14-12-17(27-2)7-8-20(14)29(25,26)22-16-6-5-15-9-10-23(18(15)13-16)21(24)19-4-3-11-28-19/h5-8,12-13,19,22H,3-4,9-11H2,1-2H3. The molecule has 0 aromatic heterocycles. The van der Waals surface area contributed by atoms with Gasteiger partial charge in [-0.25, -0.2) is 8.42 Å². The Bertz CT molecular complexity index is 1050. The second-order valence-electron chi connectivity index (χ2n) is 7.32. The first-order valence-corrected chi connectivity index (χ1v) is 11.1. The highest BCUT2D eigenvalue weighted by molar-refractivity contribution is 7.92. The van der Waals surface area contributed by atoms with Gasteiger partial charge in [-0.3, -0.25) is 9.52 Å². The third kappa shape index (κ3) is 3.82. The van der Waals surface area contributed by atoms with Gasteiger partial charge >= 0.3 is 0 Å². The molecule has 0 saturated carbocycles. The predicted molar refractivity (Wildman–Crippen MR) is 110 cm³/mol. The maximum absolute atomic E-state index is 12.9. The van der Waals surface area contributed by atoms with Crippen LogP contribution in [0, 0.1) is 6.92 Å². The van der Waals surface area contributed by atoms with Crippen LogP contribution in [0.5, 0.6) is 5.75 Å². The molecule has 7 nitrogen and oxygen atoms in total. The van der Waals surface area contributed by atoms with E-state index in [1.54, 1.807) is 36.1 Å². The van der Waals surface area contributed by atoms with Gasteiger partial charge in [0.05, 0.1) is 17.7 Å².